The Hall–Kier alpha value is -0.920. The second-order valence-electron chi connectivity index (χ2n) is 4.85. The van der Waals surface area contributed by atoms with Crippen molar-refractivity contribution in [3.05, 3.63) is 8.83 Å². The molecular weight excluding hydrogens is 306 g/mol. The van der Waals surface area contributed by atoms with Crippen LogP contribution in [0.5, 0.6) is 0 Å². The molecule has 2 heterocycles. The largest absolute Gasteiger partial charge is 0.365 e. The summed E-state index contributed by atoms with van der Waals surface area (Å²) in [6, 6.07) is -0.00407. The van der Waals surface area contributed by atoms with Crippen LogP contribution in [0.25, 0.3) is 0 Å². The normalized spacial score (nSPS) is 29.3. The van der Waals surface area contributed by atoms with Crippen LogP contribution < -0.4 is 11.1 Å². The highest BCUT2D eigenvalue weighted by atomic mass is 35.5. The van der Waals surface area contributed by atoms with Crippen LogP contribution in [0, 0.1) is 9.87 Å². The number of carbonyl (C=O) groups is 2. The highest BCUT2D eigenvalue weighted by Gasteiger charge is 2.41. The highest BCUT2D eigenvalue weighted by molar-refractivity contribution is 7.73. The number of primary amides is 1. The molecule has 1 aliphatic heterocycles. The number of nitrogens with two attached hydrogens (primary N) is 1. The van der Waals surface area contributed by atoms with Crippen molar-refractivity contribution in [1.29, 1.82) is 0 Å². The van der Waals surface area contributed by atoms with E-state index in [4.69, 9.17) is 29.6 Å². The second-order valence-corrected chi connectivity index (χ2v) is 7.11. The van der Waals surface area contributed by atoms with Gasteiger partial charge in [-0.15, -0.1) is 11.6 Å². The van der Waals surface area contributed by atoms with Crippen molar-refractivity contribution >= 4 is 52.8 Å². The third-order valence-electron chi connectivity index (χ3n) is 3.73. The Labute approximate surface area is 123 Å². The molecular formula is C11H12ClN3O2S2. The molecule has 0 aromatic carbocycles. The van der Waals surface area contributed by atoms with Crippen molar-refractivity contribution in [2.45, 2.75) is 30.7 Å². The lowest BCUT2D eigenvalue weighted by Crippen LogP contribution is -2.41. The molecule has 1 fully saturated rings. The van der Waals surface area contributed by atoms with Crippen LogP contribution in [-0.2, 0) is 4.79 Å². The number of carbonyl (C=O) groups excluding carboxylic acids is 2. The van der Waals surface area contributed by atoms with E-state index in [0.717, 1.165) is 24.2 Å². The van der Waals surface area contributed by atoms with E-state index in [9.17, 15) is 9.59 Å². The standard InChI is InChI=1S/C11H12ClN3O2S2/c12-4-1-2-6-5(3-4)10(17)14-9-7(8(13)16)19-11(18)15(6)9/h4-6H,1-3H2,(H2,13,16)(H,14,17). The molecule has 0 spiro atoms. The molecule has 1 aromatic heterocycles. The number of fused-ring (bicyclic) bond motifs is 3. The first kappa shape index (κ1) is 13.1. The molecule has 2 aliphatic rings. The molecule has 3 atom stereocenters. The Kier molecular flexibility index (Phi) is 3.15. The van der Waals surface area contributed by atoms with Gasteiger partial charge in [0.1, 0.15) is 10.7 Å². The fraction of sp³-hybridized carbons (Fsp3) is 0.545. The molecule has 0 saturated heterocycles. The number of nitrogens with zero attached hydrogens (tertiary/aromatic N) is 1. The summed E-state index contributed by atoms with van der Waals surface area (Å²) in [7, 11) is 0. The van der Waals surface area contributed by atoms with Crippen molar-refractivity contribution in [3.8, 4) is 0 Å². The smallest absolute Gasteiger partial charge is 0.262 e. The van der Waals surface area contributed by atoms with E-state index in [0.29, 0.717) is 21.1 Å². The van der Waals surface area contributed by atoms with Gasteiger partial charge in [-0.25, -0.2) is 0 Å². The number of hydrogen-bond acceptors (Lipinski definition) is 4. The van der Waals surface area contributed by atoms with Crippen molar-refractivity contribution < 1.29 is 9.59 Å². The maximum atomic E-state index is 12.2. The zero-order valence-corrected chi connectivity index (χ0v) is 12.3. The molecule has 2 amide bonds. The molecule has 3 rings (SSSR count). The topological polar surface area (TPSA) is 77.1 Å². The van der Waals surface area contributed by atoms with Gasteiger partial charge in [0.25, 0.3) is 5.91 Å². The van der Waals surface area contributed by atoms with Crippen molar-refractivity contribution in [2.75, 3.05) is 5.32 Å². The molecule has 102 valence electrons. The number of rotatable bonds is 1. The molecule has 1 aliphatic carbocycles. The molecule has 1 saturated carbocycles. The molecule has 3 N–H and O–H groups in total. The summed E-state index contributed by atoms with van der Waals surface area (Å²) in [4.78, 5) is 23.9. The molecule has 3 unspecified atom stereocenters. The first-order chi connectivity index (χ1) is 8.99. The maximum absolute atomic E-state index is 12.2. The summed E-state index contributed by atoms with van der Waals surface area (Å²) in [5.41, 5.74) is 5.33. The number of thiazole rings is 1. The SMILES string of the molecule is NC(=O)c1sc(=S)n2c1NC(=O)C1CC(Cl)CCC12. The molecule has 5 nitrogen and oxygen atoms in total. The van der Waals surface area contributed by atoms with Crippen molar-refractivity contribution in [3.63, 3.8) is 0 Å². The molecule has 8 heteroatoms. The number of halogens is 1. The van der Waals surface area contributed by atoms with Crippen LogP contribution in [-0.4, -0.2) is 21.8 Å². The Morgan fingerprint density at radius 3 is 2.95 bits per heavy atom. The first-order valence-electron chi connectivity index (χ1n) is 5.99. The lowest BCUT2D eigenvalue weighted by molar-refractivity contribution is -0.123. The van der Waals surface area contributed by atoms with E-state index in [-0.39, 0.29) is 23.2 Å². The van der Waals surface area contributed by atoms with Crippen LogP contribution >= 0.6 is 35.2 Å². The number of aromatic nitrogens is 1. The van der Waals surface area contributed by atoms with Gasteiger partial charge in [0.15, 0.2) is 3.95 Å². The summed E-state index contributed by atoms with van der Waals surface area (Å²) < 4.78 is 2.45. The molecule has 0 bridgehead atoms. The van der Waals surface area contributed by atoms with E-state index in [1.807, 2.05) is 4.57 Å². The fourth-order valence-electron chi connectivity index (χ4n) is 2.87. The van der Waals surface area contributed by atoms with Gasteiger partial charge in [0.2, 0.25) is 5.91 Å². The van der Waals surface area contributed by atoms with Gasteiger partial charge in [-0.3, -0.25) is 9.59 Å². The monoisotopic (exact) mass is 317 g/mol. The van der Waals surface area contributed by atoms with Crippen molar-refractivity contribution in [1.82, 2.24) is 4.57 Å². The van der Waals surface area contributed by atoms with Gasteiger partial charge in [-0.2, -0.15) is 0 Å². The predicted molar refractivity (Wildman–Crippen MR) is 76.3 cm³/mol. The zero-order chi connectivity index (χ0) is 13.7. The first-order valence-corrected chi connectivity index (χ1v) is 7.65. The third kappa shape index (κ3) is 2.00. The fourth-order valence-corrected chi connectivity index (χ4v) is 4.52. The van der Waals surface area contributed by atoms with Crippen LogP contribution in [0.2, 0.25) is 0 Å². The minimum Gasteiger partial charge on any atom is -0.365 e. The number of amides is 2. The van der Waals surface area contributed by atoms with Crippen molar-refractivity contribution in [2.24, 2.45) is 11.7 Å². The summed E-state index contributed by atoms with van der Waals surface area (Å²) in [6.07, 6.45) is 2.28. The van der Waals surface area contributed by atoms with Gasteiger partial charge >= 0.3 is 0 Å². The quantitative estimate of drug-likeness (QED) is 0.616. The Balaban J connectivity index is 2.12. The second kappa shape index (κ2) is 4.57. The maximum Gasteiger partial charge on any atom is 0.262 e. The average molecular weight is 318 g/mol. The van der Waals surface area contributed by atoms with Crippen LogP contribution in [0.1, 0.15) is 35.0 Å². The van der Waals surface area contributed by atoms with Gasteiger partial charge < -0.3 is 15.6 Å². The van der Waals surface area contributed by atoms with Gasteiger partial charge in [-0.1, -0.05) is 11.3 Å². The lowest BCUT2D eigenvalue weighted by atomic mass is 9.82. The highest BCUT2D eigenvalue weighted by Crippen LogP contribution is 2.44. The van der Waals surface area contributed by atoms with E-state index in [1.165, 1.54) is 0 Å². The summed E-state index contributed by atoms with van der Waals surface area (Å²) >= 11 is 12.6. The molecule has 0 radical (unpaired) electrons. The number of nitrogens with one attached hydrogen (secondary N) is 1. The minimum atomic E-state index is -0.561. The summed E-state index contributed by atoms with van der Waals surface area (Å²) in [5, 5.41) is 2.78. The Bertz CT molecular complexity index is 624. The van der Waals surface area contributed by atoms with Crippen LogP contribution in [0.4, 0.5) is 5.82 Å². The van der Waals surface area contributed by atoms with Gasteiger partial charge in [-0.05, 0) is 31.5 Å². The number of alkyl halides is 1. The molecule has 1 aromatic rings. The van der Waals surface area contributed by atoms with E-state index >= 15 is 0 Å². The van der Waals surface area contributed by atoms with Gasteiger partial charge in [0, 0.05) is 11.4 Å². The number of anilines is 1. The van der Waals surface area contributed by atoms with E-state index in [1.54, 1.807) is 0 Å². The molecule has 19 heavy (non-hydrogen) atoms. The lowest BCUT2D eigenvalue weighted by Gasteiger charge is -2.38. The summed E-state index contributed by atoms with van der Waals surface area (Å²) in [5.74, 6) is -0.368. The number of hydrogen-bond donors (Lipinski definition) is 2. The van der Waals surface area contributed by atoms with E-state index in [2.05, 4.69) is 5.32 Å². The van der Waals surface area contributed by atoms with E-state index < -0.39 is 5.91 Å². The Morgan fingerprint density at radius 1 is 1.53 bits per heavy atom. The minimum absolute atomic E-state index is 0.00407. The predicted octanol–water partition coefficient (Wildman–Crippen LogP) is 2.28. The zero-order valence-electron chi connectivity index (χ0n) is 9.89. The van der Waals surface area contributed by atoms with Gasteiger partial charge in [0.05, 0.1) is 5.92 Å². The Morgan fingerprint density at radius 2 is 2.26 bits per heavy atom. The third-order valence-corrected chi connectivity index (χ3v) is 5.54. The summed E-state index contributed by atoms with van der Waals surface area (Å²) in [6.45, 7) is 0. The average Bonchev–Trinajstić information content (AvgIpc) is 2.67. The van der Waals surface area contributed by atoms with Crippen LogP contribution in [0.15, 0.2) is 0 Å². The van der Waals surface area contributed by atoms with Crippen LogP contribution in [0.3, 0.4) is 0 Å².